The van der Waals surface area contributed by atoms with Gasteiger partial charge in [0.1, 0.15) is 0 Å². The van der Waals surface area contributed by atoms with E-state index in [-0.39, 0.29) is 21.7 Å². The van der Waals surface area contributed by atoms with Gasteiger partial charge in [-0.1, -0.05) is 58.0 Å². The molecule has 0 aliphatic heterocycles. The molecule has 6 aromatic rings. The molecule has 5 fully saturated rings. The Kier molecular flexibility index (Phi) is 4.79. The van der Waals surface area contributed by atoms with Gasteiger partial charge in [0.15, 0.2) is 0 Å². The number of hydrogen-bond acceptors (Lipinski definition) is 2. The predicted molar refractivity (Wildman–Crippen MR) is 208 cm³/mol. The number of aromatic nitrogens is 1. The van der Waals surface area contributed by atoms with Crippen LogP contribution in [0.25, 0.3) is 49.2 Å². The van der Waals surface area contributed by atoms with Crippen molar-refractivity contribution in [3.05, 3.63) is 88.0 Å². The van der Waals surface area contributed by atoms with Gasteiger partial charge in [-0.2, -0.15) is 10.5 Å². The van der Waals surface area contributed by atoms with Crippen LogP contribution in [0.4, 0.5) is 0 Å². The minimum atomic E-state index is 0.0283. The molecule has 2 aromatic heterocycles. The second kappa shape index (κ2) is 8.55. The van der Waals surface area contributed by atoms with E-state index in [2.05, 4.69) is 98.8 Å². The van der Waals surface area contributed by atoms with E-state index in [1.54, 1.807) is 0 Å². The molecule has 3 nitrogen and oxygen atoms in total. The van der Waals surface area contributed by atoms with Gasteiger partial charge >= 0.3 is 0 Å². The summed E-state index contributed by atoms with van der Waals surface area (Å²) < 4.78 is 2.55. The minimum absolute atomic E-state index is 0.0283. The lowest BCUT2D eigenvalue weighted by molar-refractivity contribution is 0.00220. The Hall–Kier alpha value is -4.34. The lowest BCUT2D eigenvalue weighted by atomic mass is 9.56. The van der Waals surface area contributed by atoms with Gasteiger partial charge in [0.05, 0.1) is 39.8 Å². The van der Waals surface area contributed by atoms with Crippen LogP contribution in [-0.4, -0.2) is 4.40 Å². The Bertz CT molecular complexity index is 2760. The summed E-state index contributed by atoms with van der Waals surface area (Å²) in [4.78, 5) is 0. The van der Waals surface area contributed by atoms with Crippen molar-refractivity contribution in [1.82, 2.24) is 4.40 Å². The predicted octanol–water partition coefficient (Wildman–Crippen LogP) is 11.7. The fourth-order valence-electron chi connectivity index (χ4n) is 16.6. The van der Waals surface area contributed by atoms with Crippen LogP contribution in [0.5, 0.6) is 0 Å². The summed E-state index contributed by atoms with van der Waals surface area (Å²) in [5.41, 5.74) is 14.3. The first-order valence-electron chi connectivity index (χ1n) is 20.3. The van der Waals surface area contributed by atoms with Crippen molar-refractivity contribution in [2.24, 2.45) is 29.1 Å². The van der Waals surface area contributed by atoms with Gasteiger partial charge in [0.2, 0.25) is 0 Å². The molecule has 256 valence electrons. The Morgan fingerprint density at radius 1 is 0.577 bits per heavy atom. The molecular formula is C49H45N3. The molecule has 2 heterocycles. The Morgan fingerprint density at radius 3 is 1.63 bits per heavy atom. The van der Waals surface area contributed by atoms with Gasteiger partial charge < -0.3 is 4.40 Å². The van der Waals surface area contributed by atoms with E-state index in [0.29, 0.717) is 5.41 Å². The Morgan fingerprint density at radius 2 is 1.08 bits per heavy atom. The molecular weight excluding hydrogens is 631 g/mol. The molecule has 0 N–H and O–H groups in total. The second-order valence-corrected chi connectivity index (χ2v) is 20.6. The zero-order chi connectivity index (χ0) is 34.9. The fourth-order valence-corrected chi connectivity index (χ4v) is 16.6. The minimum Gasteiger partial charge on any atom is -0.308 e. The molecule has 0 saturated heterocycles. The maximum atomic E-state index is 11.1. The standard InChI is InChI=1S/C49H45N3/c1-45-16-26-10-27(17-45)19-46(2,18-26)42-38-34-11-29(28-8-6-5-7-9-28)12-35-39-37(52(44(34)35)36(38)13-30(22-50)40(42)45)14-31(23-51)41-43(39)48(4)21-33-15-32-20-47(41,3)24-49(32,33)25-48/h5-9,11-14,26-27,32-33H,10,15-21,24-25H2,1-4H3. The maximum absolute atomic E-state index is 11.1. The Balaban J connectivity index is 1.27. The molecule has 14 rings (SSSR count). The van der Waals surface area contributed by atoms with Gasteiger partial charge in [-0.25, -0.2) is 0 Å². The van der Waals surface area contributed by atoms with Crippen molar-refractivity contribution in [1.29, 1.82) is 10.5 Å². The van der Waals surface area contributed by atoms with Crippen molar-refractivity contribution in [3.8, 4) is 23.3 Å². The first kappa shape index (κ1) is 29.2. The van der Waals surface area contributed by atoms with E-state index in [1.807, 2.05) is 0 Å². The lowest BCUT2D eigenvalue weighted by Crippen LogP contribution is -2.41. The van der Waals surface area contributed by atoms with E-state index in [9.17, 15) is 10.5 Å². The highest BCUT2D eigenvalue weighted by Gasteiger charge is 2.71. The van der Waals surface area contributed by atoms with E-state index in [1.165, 1.54) is 136 Å². The third-order valence-corrected chi connectivity index (χ3v) is 17.4. The molecule has 4 aromatic carbocycles. The van der Waals surface area contributed by atoms with Crippen molar-refractivity contribution in [2.75, 3.05) is 0 Å². The molecule has 5 saturated carbocycles. The largest absolute Gasteiger partial charge is 0.308 e. The van der Waals surface area contributed by atoms with Gasteiger partial charge in [0.25, 0.3) is 0 Å². The quantitative estimate of drug-likeness (QED) is 0.174. The SMILES string of the molecule is CC12CC3CC(C1)CC(C)(C3)c1c2c(C#N)cc2c1c1cc(-c3ccccc3)cc3c4c5c(c(C#N)cc4n2c13)C1(C)CC2CC3CC5(C)CC23C1. The normalized spacial score (nSPS) is 38.7. The van der Waals surface area contributed by atoms with E-state index in [4.69, 9.17) is 0 Å². The number of fused-ring (bicyclic) bond motifs is 12. The number of rotatable bonds is 1. The van der Waals surface area contributed by atoms with Gasteiger partial charge in [-0.3, -0.25) is 0 Å². The summed E-state index contributed by atoms with van der Waals surface area (Å²) in [6, 6.07) is 26.2. The summed E-state index contributed by atoms with van der Waals surface area (Å²) in [5.74, 6) is 3.08. The molecule has 0 radical (unpaired) electrons. The molecule has 8 aliphatic carbocycles. The smallest absolute Gasteiger partial charge is 0.0995 e. The third kappa shape index (κ3) is 3.02. The molecule has 7 unspecified atom stereocenters. The molecule has 7 atom stereocenters. The molecule has 8 aliphatic rings. The van der Waals surface area contributed by atoms with Gasteiger partial charge in [-0.05, 0) is 173 Å². The van der Waals surface area contributed by atoms with E-state index in [0.717, 1.165) is 34.8 Å². The van der Waals surface area contributed by atoms with Crippen LogP contribution in [-0.2, 0) is 21.7 Å². The fraction of sp³-hybridized carbons (Fsp3) is 0.469. The summed E-state index contributed by atoms with van der Waals surface area (Å²) in [5, 5.41) is 27.7. The summed E-state index contributed by atoms with van der Waals surface area (Å²) in [6.45, 7) is 10.1. The van der Waals surface area contributed by atoms with Crippen LogP contribution >= 0.6 is 0 Å². The highest BCUT2D eigenvalue weighted by Crippen LogP contribution is 2.79. The van der Waals surface area contributed by atoms with Crippen molar-refractivity contribution < 1.29 is 0 Å². The van der Waals surface area contributed by atoms with Gasteiger partial charge in [-0.15, -0.1) is 0 Å². The number of nitrogens with zero attached hydrogens (tertiary/aromatic N) is 3. The first-order valence-corrected chi connectivity index (χ1v) is 20.3. The number of hydrogen-bond donors (Lipinski definition) is 0. The average molecular weight is 676 g/mol. The van der Waals surface area contributed by atoms with Crippen LogP contribution in [0.15, 0.2) is 54.6 Å². The first-order chi connectivity index (χ1) is 25.0. The van der Waals surface area contributed by atoms with Crippen molar-refractivity contribution in [2.45, 2.75) is 114 Å². The van der Waals surface area contributed by atoms with Crippen LogP contribution in [0, 0.1) is 51.7 Å². The van der Waals surface area contributed by atoms with Crippen LogP contribution in [0.1, 0.15) is 125 Å². The second-order valence-electron chi connectivity index (χ2n) is 20.6. The van der Waals surface area contributed by atoms with Crippen LogP contribution < -0.4 is 0 Å². The summed E-state index contributed by atoms with van der Waals surface area (Å²) >= 11 is 0. The molecule has 3 heteroatoms. The summed E-state index contributed by atoms with van der Waals surface area (Å²) in [6.07, 6.45) is 12.6. The van der Waals surface area contributed by atoms with E-state index >= 15 is 0 Å². The molecule has 0 amide bonds. The van der Waals surface area contributed by atoms with Crippen LogP contribution in [0.2, 0.25) is 0 Å². The zero-order valence-corrected chi connectivity index (χ0v) is 30.9. The van der Waals surface area contributed by atoms with Crippen molar-refractivity contribution in [3.63, 3.8) is 0 Å². The van der Waals surface area contributed by atoms with Crippen molar-refractivity contribution >= 4 is 38.1 Å². The average Bonchev–Trinajstić information content (AvgIpc) is 3.73. The van der Waals surface area contributed by atoms with Gasteiger partial charge in [0, 0.05) is 21.5 Å². The number of nitriles is 2. The Labute approximate surface area is 305 Å². The zero-order valence-electron chi connectivity index (χ0n) is 30.9. The highest BCUT2D eigenvalue weighted by atomic mass is 14.9. The number of benzene rings is 4. The third-order valence-electron chi connectivity index (χ3n) is 17.4. The van der Waals surface area contributed by atoms with Crippen LogP contribution in [0.3, 0.4) is 0 Å². The highest BCUT2D eigenvalue weighted by molar-refractivity contribution is 6.26. The molecule has 7 bridgehead atoms. The van der Waals surface area contributed by atoms with E-state index < -0.39 is 0 Å². The molecule has 52 heavy (non-hydrogen) atoms. The monoisotopic (exact) mass is 675 g/mol. The maximum Gasteiger partial charge on any atom is 0.0995 e. The lowest BCUT2D eigenvalue weighted by Gasteiger charge is -2.49. The molecule has 1 spiro atoms. The topological polar surface area (TPSA) is 52.0 Å². The summed E-state index contributed by atoms with van der Waals surface area (Å²) in [7, 11) is 0.